The molecule has 4 heteroatoms. The van der Waals surface area contributed by atoms with Crippen LogP contribution in [0.3, 0.4) is 0 Å². The predicted molar refractivity (Wildman–Crippen MR) is 108 cm³/mol. The maximum Gasteiger partial charge on any atom is 0.255 e. The Morgan fingerprint density at radius 1 is 1.00 bits per heavy atom. The van der Waals surface area contributed by atoms with Gasteiger partial charge in [-0.3, -0.25) is 4.79 Å². The lowest BCUT2D eigenvalue weighted by molar-refractivity contribution is 0.0716. The van der Waals surface area contributed by atoms with E-state index in [9.17, 15) is 4.79 Å². The lowest BCUT2D eigenvalue weighted by Crippen LogP contribution is -2.37. The fourth-order valence-electron chi connectivity index (χ4n) is 4.14. The van der Waals surface area contributed by atoms with Crippen molar-refractivity contribution >= 4 is 38.2 Å². The van der Waals surface area contributed by atoms with Crippen LogP contribution in [0.2, 0.25) is 0 Å². The highest BCUT2D eigenvalue weighted by Gasteiger charge is 2.27. The Morgan fingerprint density at radius 2 is 1.73 bits per heavy atom. The summed E-state index contributed by atoms with van der Waals surface area (Å²) in [6.07, 6.45) is 4.20. The first kappa shape index (κ1) is 15.6. The summed E-state index contributed by atoms with van der Waals surface area (Å²) < 4.78 is 1.18. The van der Waals surface area contributed by atoms with Gasteiger partial charge < -0.3 is 9.88 Å². The quantitative estimate of drug-likeness (QED) is 0.510. The number of hydrogen-bond acceptors (Lipinski definition) is 2. The van der Waals surface area contributed by atoms with Crippen molar-refractivity contribution in [2.45, 2.75) is 18.8 Å². The number of carbonyl (C=O) groups excluding carboxylic acids is 1. The summed E-state index contributed by atoms with van der Waals surface area (Å²) in [6.45, 7) is 1.65. The Balaban J connectivity index is 1.35. The zero-order valence-corrected chi connectivity index (χ0v) is 15.3. The van der Waals surface area contributed by atoms with Gasteiger partial charge in [0.1, 0.15) is 0 Å². The van der Waals surface area contributed by atoms with E-state index in [4.69, 9.17) is 0 Å². The second-order valence-electron chi connectivity index (χ2n) is 7.00. The molecule has 2 aromatic heterocycles. The second kappa shape index (κ2) is 6.29. The molecule has 5 rings (SSSR count). The molecule has 0 spiro atoms. The van der Waals surface area contributed by atoms with Crippen molar-refractivity contribution in [2.75, 3.05) is 13.1 Å². The van der Waals surface area contributed by atoms with E-state index < -0.39 is 0 Å². The van der Waals surface area contributed by atoms with Crippen LogP contribution in [0.4, 0.5) is 0 Å². The number of para-hydroxylation sites is 1. The van der Waals surface area contributed by atoms with E-state index in [2.05, 4.69) is 47.6 Å². The fourth-order valence-corrected chi connectivity index (χ4v) is 5.07. The number of amides is 1. The molecule has 0 radical (unpaired) electrons. The first-order valence-electron chi connectivity index (χ1n) is 9.13. The molecular formula is C22H20N2OS. The van der Waals surface area contributed by atoms with E-state index in [1.807, 2.05) is 22.4 Å². The molecule has 3 nitrogen and oxygen atoms in total. The van der Waals surface area contributed by atoms with Crippen molar-refractivity contribution in [1.29, 1.82) is 0 Å². The van der Waals surface area contributed by atoms with Crippen molar-refractivity contribution in [3.05, 3.63) is 71.2 Å². The number of aromatic amines is 1. The standard InChI is InChI=1S/C22H20N2OS/c25-22(19-14-26-21-8-4-2-6-17(19)21)24-11-9-15(10-12-24)18-13-23-20-7-3-1-5-16(18)20/h1-8,13-15,23H,9-12H2. The van der Waals surface area contributed by atoms with Crippen molar-refractivity contribution < 1.29 is 4.79 Å². The van der Waals surface area contributed by atoms with Gasteiger partial charge in [0.15, 0.2) is 0 Å². The second-order valence-corrected chi connectivity index (χ2v) is 7.91. The first-order valence-corrected chi connectivity index (χ1v) is 10.0. The number of hydrogen-bond donors (Lipinski definition) is 1. The summed E-state index contributed by atoms with van der Waals surface area (Å²) in [4.78, 5) is 18.4. The highest BCUT2D eigenvalue weighted by molar-refractivity contribution is 7.17. The molecule has 1 aliphatic heterocycles. The summed E-state index contributed by atoms with van der Waals surface area (Å²) in [6, 6.07) is 16.6. The summed E-state index contributed by atoms with van der Waals surface area (Å²) >= 11 is 1.65. The molecule has 1 aliphatic rings. The number of likely N-dealkylation sites (tertiary alicyclic amines) is 1. The number of carbonyl (C=O) groups is 1. The Bertz CT molecular complexity index is 1090. The number of piperidine rings is 1. The molecular weight excluding hydrogens is 340 g/mol. The van der Waals surface area contributed by atoms with E-state index in [1.165, 1.54) is 21.2 Å². The normalized spacial score (nSPS) is 15.8. The first-order chi connectivity index (χ1) is 12.8. The number of nitrogens with one attached hydrogen (secondary N) is 1. The third kappa shape index (κ3) is 2.53. The van der Waals surface area contributed by atoms with Crippen LogP contribution in [0.5, 0.6) is 0 Å². The van der Waals surface area contributed by atoms with Gasteiger partial charge in [-0.1, -0.05) is 36.4 Å². The molecule has 130 valence electrons. The highest BCUT2D eigenvalue weighted by Crippen LogP contribution is 2.34. The number of aromatic nitrogens is 1. The molecule has 0 atom stereocenters. The molecule has 0 bridgehead atoms. The molecule has 0 aliphatic carbocycles. The van der Waals surface area contributed by atoms with Gasteiger partial charge in [0.05, 0.1) is 5.56 Å². The number of fused-ring (bicyclic) bond motifs is 2. The fraction of sp³-hybridized carbons (Fsp3) is 0.227. The molecule has 1 fully saturated rings. The third-order valence-corrected chi connectivity index (χ3v) is 6.52. The van der Waals surface area contributed by atoms with Crippen LogP contribution in [-0.2, 0) is 0 Å². The molecule has 26 heavy (non-hydrogen) atoms. The van der Waals surface area contributed by atoms with Crippen LogP contribution in [-0.4, -0.2) is 28.9 Å². The lowest BCUT2D eigenvalue weighted by Gasteiger charge is -2.32. The van der Waals surface area contributed by atoms with E-state index in [-0.39, 0.29) is 5.91 Å². The van der Waals surface area contributed by atoms with E-state index >= 15 is 0 Å². The van der Waals surface area contributed by atoms with Gasteiger partial charge >= 0.3 is 0 Å². The molecule has 1 N–H and O–H groups in total. The average molecular weight is 360 g/mol. The lowest BCUT2D eigenvalue weighted by atomic mass is 9.89. The molecule has 1 saturated heterocycles. The van der Waals surface area contributed by atoms with Crippen LogP contribution < -0.4 is 0 Å². The van der Waals surface area contributed by atoms with E-state index in [0.29, 0.717) is 5.92 Å². The minimum atomic E-state index is 0.180. The van der Waals surface area contributed by atoms with Gasteiger partial charge in [0.25, 0.3) is 5.91 Å². The molecule has 2 aromatic carbocycles. The molecule has 0 saturated carbocycles. The zero-order valence-electron chi connectivity index (χ0n) is 14.4. The summed E-state index contributed by atoms with van der Waals surface area (Å²) in [7, 11) is 0. The molecule has 1 amide bonds. The van der Waals surface area contributed by atoms with Gasteiger partial charge in [0, 0.05) is 45.7 Å². The minimum absolute atomic E-state index is 0.180. The zero-order chi connectivity index (χ0) is 17.5. The van der Waals surface area contributed by atoms with Crippen LogP contribution in [0, 0.1) is 0 Å². The Hall–Kier alpha value is -2.59. The third-order valence-electron chi connectivity index (χ3n) is 5.55. The van der Waals surface area contributed by atoms with Crippen molar-refractivity contribution in [3.63, 3.8) is 0 Å². The summed E-state index contributed by atoms with van der Waals surface area (Å²) in [5, 5.41) is 4.42. The average Bonchev–Trinajstić information content (AvgIpc) is 3.32. The number of rotatable bonds is 2. The van der Waals surface area contributed by atoms with Gasteiger partial charge in [-0.05, 0) is 36.5 Å². The SMILES string of the molecule is O=C(c1csc2ccccc12)N1CCC(c2c[nH]c3ccccc23)CC1. The van der Waals surface area contributed by atoms with Crippen LogP contribution in [0.15, 0.2) is 60.1 Å². The van der Waals surface area contributed by atoms with Gasteiger partial charge in [-0.15, -0.1) is 11.3 Å². The Kier molecular flexibility index (Phi) is 3.79. The molecule has 3 heterocycles. The van der Waals surface area contributed by atoms with Gasteiger partial charge in [-0.25, -0.2) is 0 Å². The topological polar surface area (TPSA) is 36.1 Å². The maximum atomic E-state index is 13.0. The molecule has 4 aromatic rings. The number of benzene rings is 2. The van der Waals surface area contributed by atoms with Crippen molar-refractivity contribution in [3.8, 4) is 0 Å². The van der Waals surface area contributed by atoms with Crippen LogP contribution in [0.1, 0.15) is 34.7 Å². The molecule has 0 unspecified atom stereocenters. The largest absolute Gasteiger partial charge is 0.361 e. The predicted octanol–water partition coefficient (Wildman–Crippen LogP) is 5.40. The maximum absolute atomic E-state index is 13.0. The Labute approximate surface area is 156 Å². The number of H-pyrrole nitrogens is 1. The van der Waals surface area contributed by atoms with E-state index in [0.717, 1.165) is 36.9 Å². The van der Waals surface area contributed by atoms with Gasteiger partial charge in [-0.2, -0.15) is 0 Å². The van der Waals surface area contributed by atoms with Crippen LogP contribution in [0.25, 0.3) is 21.0 Å². The minimum Gasteiger partial charge on any atom is -0.361 e. The monoisotopic (exact) mass is 360 g/mol. The smallest absolute Gasteiger partial charge is 0.255 e. The number of thiophene rings is 1. The Morgan fingerprint density at radius 3 is 2.58 bits per heavy atom. The highest BCUT2D eigenvalue weighted by atomic mass is 32.1. The van der Waals surface area contributed by atoms with Crippen molar-refractivity contribution in [2.24, 2.45) is 0 Å². The summed E-state index contributed by atoms with van der Waals surface area (Å²) in [5.41, 5.74) is 3.45. The summed E-state index contributed by atoms with van der Waals surface area (Å²) in [5.74, 6) is 0.703. The van der Waals surface area contributed by atoms with Crippen LogP contribution >= 0.6 is 11.3 Å². The van der Waals surface area contributed by atoms with Gasteiger partial charge in [0.2, 0.25) is 0 Å². The van der Waals surface area contributed by atoms with Crippen molar-refractivity contribution in [1.82, 2.24) is 9.88 Å². The number of nitrogens with zero attached hydrogens (tertiary/aromatic N) is 1. The van der Waals surface area contributed by atoms with E-state index in [1.54, 1.807) is 11.3 Å².